The van der Waals surface area contributed by atoms with Gasteiger partial charge in [-0.15, -0.1) is 0 Å². The van der Waals surface area contributed by atoms with Gasteiger partial charge in [-0.2, -0.15) is 0 Å². The van der Waals surface area contributed by atoms with Crippen LogP contribution in [0.25, 0.3) is 0 Å². The summed E-state index contributed by atoms with van der Waals surface area (Å²) in [5, 5.41) is 12.9. The summed E-state index contributed by atoms with van der Waals surface area (Å²) in [7, 11) is 0. The Morgan fingerprint density at radius 2 is 1.88 bits per heavy atom. The maximum atomic E-state index is 9.41. The Morgan fingerprint density at radius 1 is 1.25 bits per heavy atom. The normalized spacial score (nSPS) is 17.9. The molecule has 1 saturated carbocycles. The SMILES string of the molecule is Cc1cccc(C)c1NCC1(CO)CCC1. The summed E-state index contributed by atoms with van der Waals surface area (Å²) in [5.74, 6) is 0. The fraction of sp³-hybridized carbons (Fsp3) is 0.571. The van der Waals surface area contributed by atoms with Crippen LogP contribution >= 0.6 is 0 Å². The van der Waals surface area contributed by atoms with Crippen LogP contribution in [0.3, 0.4) is 0 Å². The summed E-state index contributed by atoms with van der Waals surface area (Å²) >= 11 is 0. The van der Waals surface area contributed by atoms with Crippen LogP contribution in [0.15, 0.2) is 18.2 Å². The Bertz CT molecular complexity index is 343. The van der Waals surface area contributed by atoms with Crippen LogP contribution in [-0.4, -0.2) is 18.3 Å². The summed E-state index contributed by atoms with van der Waals surface area (Å²) in [4.78, 5) is 0. The smallest absolute Gasteiger partial charge is 0.0504 e. The van der Waals surface area contributed by atoms with Gasteiger partial charge in [0, 0.05) is 17.6 Å². The Morgan fingerprint density at radius 3 is 2.31 bits per heavy atom. The third-order valence-corrected chi connectivity index (χ3v) is 3.87. The van der Waals surface area contributed by atoms with Gasteiger partial charge >= 0.3 is 0 Å². The van der Waals surface area contributed by atoms with Crippen LogP contribution in [-0.2, 0) is 0 Å². The zero-order valence-corrected chi connectivity index (χ0v) is 10.2. The lowest BCUT2D eigenvalue weighted by molar-refractivity contribution is 0.0576. The van der Waals surface area contributed by atoms with Crippen molar-refractivity contribution < 1.29 is 5.11 Å². The van der Waals surface area contributed by atoms with Crippen molar-refractivity contribution in [3.63, 3.8) is 0 Å². The van der Waals surface area contributed by atoms with Gasteiger partial charge < -0.3 is 10.4 Å². The second kappa shape index (κ2) is 4.46. The van der Waals surface area contributed by atoms with Crippen LogP contribution in [0.1, 0.15) is 30.4 Å². The highest BCUT2D eigenvalue weighted by Crippen LogP contribution is 2.40. The average molecular weight is 219 g/mol. The molecule has 1 fully saturated rings. The average Bonchev–Trinajstić information content (AvgIpc) is 2.20. The van der Waals surface area contributed by atoms with Crippen molar-refractivity contribution in [3.8, 4) is 0 Å². The molecule has 1 aliphatic rings. The van der Waals surface area contributed by atoms with Gasteiger partial charge in [0.1, 0.15) is 0 Å². The van der Waals surface area contributed by atoms with Gasteiger partial charge in [-0.1, -0.05) is 24.6 Å². The van der Waals surface area contributed by atoms with Crippen LogP contribution in [0.5, 0.6) is 0 Å². The third kappa shape index (κ3) is 2.07. The Balaban J connectivity index is 2.04. The quantitative estimate of drug-likeness (QED) is 0.816. The van der Waals surface area contributed by atoms with E-state index >= 15 is 0 Å². The van der Waals surface area contributed by atoms with Crippen molar-refractivity contribution in [1.82, 2.24) is 0 Å². The predicted octanol–water partition coefficient (Wildman–Crippen LogP) is 2.88. The van der Waals surface area contributed by atoms with Crippen LogP contribution in [0.2, 0.25) is 0 Å². The largest absolute Gasteiger partial charge is 0.396 e. The van der Waals surface area contributed by atoms with E-state index in [1.54, 1.807) is 0 Å². The molecule has 0 bridgehead atoms. The molecule has 88 valence electrons. The molecule has 16 heavy (non-hydrogen) atoms. The van der Waals surface area contributed by atoms with Crippen molar-refractivity contribution in [2.45, 2.75) is 33.1 Å². The maximum Gasteiger partial charge on any atom is 0.0504 e. The molecule has 2 nitrogen and oxygen atoms in total. The van der Waals surface area contributed by atoms with E-state index in [2.05, 4.69) is 37.4 Å². The highest BCUT2D eigenvalue weighted by Gasteiger charge is 2.36. The number of hydrogen-bond acceptors (Lipinski definition) is 2. The van der Waals surface area contributed by atoms with E-state index < -0.39 is 0 Å². The highest BCUT2D eigenvalue weighted by atomic mass is 16.3. The van der Waals surface area contributed by atoms with Gasteiger partial charge in [-0.05, 0) is 37.8 Å². The first-order chi connectivity index (χ1) is 7.67. The number of anilines is 1. The monoisotopic (exact) mass is 219 g/mol. The van der Waals surface area contributed by atoms with Crippen LogP contribution in [0, 0.1) is 19.3 Å². The van der Waals surface area contributed by atoms with E-state index in [9.17, 15) is 5.11 Å². The van der Waals surface area contributed by atoms with Crippen LogP contribution < -0.4 is 5.32 Å². The number of nitrogens with one attached hydrogen (secondary N) is 1. The summed E-state index contributed by atoms with van der Waals surface area (Å²) in [6.07, 6.45) is 3.57. The lowest BCUT2D eigenvalue weighted by Gasteiger charge is -2.40. The molecular formula is C14H21NO. The van der Waals surface area contributed by atoms with Gasteiger partial charge in [-0.25, -0.2) is 0 Å². The standard InChI is InChI=1S/C14H21NO/c1-11-5-3-6-12(2)13(11)15-9-14(10-16)7-4-8-14/h3,5-6,15-16H,4,7-10H2,1-2H3. The van der Waals surface area contributed by atoms with Gasteiger partial charge in [-0.3, -0.25) is 0 Å². The topological polar surface area (TPSA) is 32.3 Å². The molecule has 1 aliphatic carbocycles. The van der Waals surface area contributed by atoms with Crippen LogP contribution in [0.4, 0.5) is 5.69 Å². The third-order valence-electron chi connectivity index (χ3n) is 3.87. The molecule has 0 spiro atoms. The fourth-order valence-electron chi connectivity index (χ4n) is 2.44. The number of aliphatic hydroxyl groups is 1. The molecule has 0 unspecified atom stereocenters. The number of hydrogen-bond donors (Lipinski definition) is 2. The minimum atomic E-state index is 0.148. The minimum Gasteiger partial charge on any atom is -0.396 e. The molecule has 0 saturated heterocycles. The van der Waals surface area contributed by atoms with Crippen molar-refractivity contribution in [2.75, 3.05) is 18.5 Å². The molecular weight excluding hydrogens is 198 g/mol. The van der Waals surface area contributed by atoms with E-state index in [0.717, 1.165) is 19.4 Å². The van der Waals surface area contributed by atoms with E-state index in [4.69, 9.17) is 0 Å². The summed E-state index contributed by atoms with van der Waals surface area (Å²) < 4.78 is 0. The molecule has 0 aliphatic heterocycles. The Hall–Kier alpha value is -1.02. The molecule has 1 aromatic carbocycles. The fourth-order valence-corrected chi connectivity index (χ4v) is 2.44. The first-order valence-electron chi connectivity index (χ1n) is 6.08. The number of rotatable bonds is 4. The molecule has 0 heterocycles. The summed E-state index contributed by atoms with van der Waals surface area (Å²) in [6, 6.07) is 6.34. The van der Waals surface area contributed by atoms with Crippen molar-refractivity contribution in [3.05, 3.63) is 29.3 Å². The van der Waals surface area contributed by atoms with Gasteiger partial charge in [0.25, 0.3) is 0 Å². The second-order valence-corrected chi connectivity index (χ2v) is 5.13. The molecule has 2 rings (SSSR count). The molecule has 0 radical (unpaired) electrons. The van der Waals surface area contributed by atoms with Crippen molar-refractivity contribution >= 4 is 5.69 Å². The van der Waals surface area contributed by atoms with Gasteiger partial charge in [0.15, 0.2) is 0 Å². The summed E-state index contributed by atoms with van der Waals surface area (Å²) in [5.41, 5.74) is 3.95. The zero-order chi connectivity index (χ0) is 11.6. The number of benzene rings is 1. The molecule has 0 amide bonds. The maximum absolute atomic E-state index is 9.41. The molecule has 2 N–H and O–H groups in total. The van der Waals surface area contributed by atoms with Gasteiger partial charge in [0.2, 0.25) is 0 Å². The first kappa shape index (κ1) is 11.5. The predicted molar refractivity (Wildman–Crippen MR) is 67.8 cm³/mol. The second-order valence-electron chi connectivity index (χ2n) is 5.13. The first-order valence-corrected chi connectivity index (χ1v) is 6.08. The Labute approximate surface area is 97.7 Å². The molecule has 2 heteroatoms. The molecule has 1 aromatic rings. The van der Waals surface area contributed by atoms with E-state index in [0.29, 0.717) is 6.61 Å². The highest BCUT2D eigenvalue weighted by molar-refractivity contribution is 5.56. The molecule has 0 aromatic heterocycles. The number of aliphatic hydroxyl groups excluding tert-OH is 1. The molecule has 0 atom stereocenters. The summed E-state index contributed by atoms with van der Waals surface area (Å²) in [6.45, 7) is 5.46. The number of para-hydroxylation sites is 1. The zero-order valence-electron chi connectivity index (χ0n) is 10.2. The van der Waals surface area contributed by atoms with Crippen molar-refractivity contribution in [1.29, 1.82) is 0 Å². The van der Waals surface area contributed by atoms with E-state index in [-0.39, 0.29) is 5.41 Å². The minimum absolute atomic E-state index is 0.148. The van der Waals surface area contributed by atoms with E-state index in [1.807, 2.05) is 0 Å². The van der Waals surface area contributed by atoms with Crippen molar-refractivity contribution in [2.24, 2.45) is 5.41 Å². The lowest BCUT2D eigenvalue weighted by Crippen LogP contribution is -2.40. The van der Waals surface area contributed by atoms with E-state index in [1.165, 1.54) is 23.2 Å². The lowest BCUT2D eigenvalue weighted by atomic mass is 9.69. The Kier molecular flexibility index (Phi) is 3.20. The van der Waals surface area contributed by atoms with Gasteiger partial charge in [0.05, 0.1) is 6.61 Å². The number of aryl methyl sites for hydroxylation is 2.